The van der Waals surface area contributed by atoms with Crippen molar-refractivity contribution in [2.24, 2.45) is 5.41 Å². The lowest BCUT2D eigenvalue weighted by Crippen LogP contribution is -2.46. The molecule has 0 heterocycles. The Balaban J connectivity index is 3.91. The minimum Gasteiger partial charge on any atom is -0.739 e. The third kappa shape index (κ3) is 9.20. The van der Waals surface area contributed by atoms with Crippen LogP contribution >= 0.6 is 10.8 Å². The number of hydrogen-bond acceptors (Lipinski definition) is 8. The topological polar surface area (TPSA) is 156 Å². The van der Waals surface area contributed by atoms with Crippen LogP contribution in [0.3, 0.4) is 0 Å². The number of nitrogens with one attached hydrogen (secondary N) is 2. The minimum absolute atomic E-state index is 0.0130. The summed E-state index contributed by atoms with van der Waals surface area (Å²) in [6.07, 6.45) is -1.47. The first-order chi connectivity index (χ1) is 9.99. The van der Waals surface area contributed by atoms with Crippen molar-refractivity contribution in [3.63, 3.8) is 0 Å². The third-order valence-electron chi connectivity index (χ3n) is 2.70. The molecular weight excluding hydrogens is 336 g/mol. The van der Waals surface area contributed by atoms with E-state index in [1.807, 2.05) is 0 Å². The second kappa shape index (κ2) is 9.30. The Hall–Kier alpha value is -0.880. The van der Waals surface area contributed by atoms with Gasteiger partial charge in [-0.05, 0) is 10.8 Å². The van der Waals surface area contributed by atoms with E-state index in [9.17, 15) is 27.7 Å². The van der Waals surface area contributed by atoms with Crippen molar-refractivity contribution < 1.29 is 32.8 Å². The lowest BCUT2D eigenvalue weighted by molar-refractivity contribution is -0.137. The van der Waals surface area contributed by atoms with Crippen molar-refractivity contribution in [2.45, 2.75) is 26.4 Å². The molecule has 0 aliphatic heterocycles. The molecule has 0 aromatic carbocycles. The zero-order chi connectivity index (χ0) is 17.4. The molecular formula is C11H21N2O7S2-. The van der Waals surface area contributed by atoms with Crippen LogP contribution in [0.5, 0.6) is 0 Å². The Bertz CT molecular complexity index is 479. The summed E-state index contributed by atoms with van der Waals surface area (Å²) in [5, 5.41) is 23.5. The number of aliphatic hydroxyl groups excluding tert-OH is 2. The monoisotopic (exact) mass is 357 g/mol. The number of aliphatic hydroxyl groups is 2. The predicted octanol–water partition coefficient (Wildman–Crippen LogP) is -1.82. The van der Waals surface area contributed by atoms with Crippen molar-refractivity contribution in [1.29, 1.82) is 0 Å². The summed E-state index contributed by atoms with van der Waals surface area (Å²) >= 11 is 0. The highest BCUT2D eigenvalue weighted by Gasteiger charge is 2.32. The van der Waals surface area contributed by atoms with Crippen LogP contribution in [-0.4, -0.2) is 66.6 Å². The van der Waals surface area contributed by atoms with Crippen LogP contribution in [0.1, 0.15) is 20.3 Å². The predicted molar refractivity (Wildman–Crippen MR) is 79.7 cm³/mol. The lowest BCUT2D eigenvalue weighted by Gasteiger charge is -2.27. The first-order valence-corrected chi connectivity index (χ1v) is 9.34. The fourth-order valence-electron chi connectivity index (χ4n) is 1.26. The molecule has 2 amide bonds. The van der Waals surface area contributed by atoms with E-state index in [2.05, 4.69) is 10.6 Å². The van der Waals surface area contributed by atoms with E-state index < -0.39 is 32.5 Å². The van der Waals surface area contributed by atoms with Crippen LogP contribution in [0, 0.1) is 5.41 Å². The van der Waals surface area contributed by atoms with Crippen LogP contribution in [0.2, 0.25) is 0 Å². The summed E-state index contributed by atoms with van der Waals surface area (Å²) in [4.78, 5) is 23.0. The minimum atomic E-state index is -4.37. The van der Waals surface area contributed by atoms with Gasteiger partial charge in [-0.3, -0.25) is 9.59 Å². The highest BCUT2D eigenvalue weighted by Crippen LogP contribution is 2.19. The van der Waals surface area contributed by atoms with Gasteiger partial charge in [-0.15, -0.1) is 0 Å². The van der Waals surface area contributed by atoms with Crippen molar-refractivity contribution in [3.05, 3.63) is 0 Å². The van der Waals surface area contributed by atoms with Gasteiger partial charge in [0.15, 0.2) is 0 Å². The van der Waals surface area contributed by atoms with Crippen LogP contribution in [0.25, 0.3) is 0 Å². The summed E-state index contributed by atoms with van der Waals surface area (Å²) < 4.78 is 30.9. The second-order valence-corrected chi connectivity index (χ2v) is 8.56. The van der Waals surface area contributed by atoms with E-state index in [0.29, 0.717) is 0 Å². The van der Waals surface area contributed by atoms with Gasteiger partial charge in [0, 0.05) is 30.7 Å². The Morgan fingerprint density at radius 2 is 1.86 bits per heavy atom. The van der Waals surface area contributed by atoms with E-state index in [0.717, 1.165) is 0 Å². The Morgan fingerprint density at radius 3 is 2.36 bits per heavy atom. The normalized spacial score (nSPS) is 13.5. The fraction of sp³-hybridized carbons (Fsp3) is 0.818. The maximum absolute atomic E-state index is 11.6. The molecule has 9 nitrogen and oxygen atoms in total. The molecule has 4 N–H and O–H groups in total. The van der Waals surface area contributed by atoms with Crippen molar-refractivity contribution in [1.82, 2.24) is 10.6 Å². The van der Waals surface area contributed by atoms with Crippen molar-refractivity contribution >= 4 is 31.8 Å². The van der Waals surface area contributed by atoms with Gasteiger partial charge in [0.05, 0.1) is 6.61 Å². The zero-order valence-electron chi connectivity index (χ0n) is 12.4. The summed E-state index contributed by atoms with van der Waals surface area (Å²) in [6, 6.07) is 0. The molecule has 0 aromatic heterocycles. The van der Waals surface area contributed by atoms with E-state index >= 15 is 0 Å². The largest absolute Gasteiger partial charge is 0.739 e. The highest BCUT2D eigenvalue weighted by molar-refractivity contribution is 8.69. The summed E-state index contributed by atoms with van der Waals surface area (Å²) in [5.74, 6) is -1.19. The van der Waals surface area contributed by atoms with Crippen molar-refractivity contribution in [2.75, 3.05) is 25.4 Å². The molecule has 11 heteroatoms. The Morgan fingerprint density at radius 1 is 1.27 bits per heavy atom. The molecule has 0 saturated carbocycles. The highest BCUT2D eigenvalue weighted by atomic mass is 33.1. The molecule has 0 spiro atoms. The fourth-order valence-corrected chi connectivity index (χ4v) is 2.51. The Labute approximate surface area is 133 Å². The molecule has 0 unspecified atom stereocenters. The van der Waals surface area contributed by atoms with Crippen LogP contribution in [-0.2, 0) is 18.7 Å². The van der Waals surface area contributed by atoms with Gasteiger partial charge in [0.1, 0.15) is 15.3 Å². The maximum Gasteiger partial charge on any atom is 0.249 e. The number of carbonyl (C=O) groups excluding carboxylic acids is 2. The molecule has 0 rings (SSSR count). The lowest BCUT2D eigenvalue weighted by atomic mass is 9.87. The third-order valence-corrected chi connectivity index (χ3v) is 4.72. The molecule has 130 valence electrons. The maximum atomic E-state index is 11.6. The van der Waals surface area contributed by atoms with E-state index in [-0.39, 0.29) is 42.7 Å². The quantitative estimate of drug-likeness (QED) is 0.202. The van der Waals surface area contributed by atoms with Gasteiger partial charge < -0.3 is 25.4 Å². The van der Waals surface area contributed by atoms with E-state index in [4.69, 9.17) is 5.11 Å². The number of rotatable bonds is 10. The second-order valence-electron chi connectivity index (χ2n) is 5.17. The number of hydrogen-bond donors (Lipinski definition) is 4. The zero-order valence-corrected chi connectivity index (χ0v) is 14.0. The first kappa shape index (κ1) is 21.1. The van der Waals surface area contributed by atoms with Gasteiger partial charge in [0.2, 0.25) is 11.8 Å². The standard InChI is InChI=1S/C11H22N2O7S2/c1-11(2,7-14)9(16)10(17)13-4-3-8(15)12-5-6-21-22(18,19)20/h9,14,16H,3-7H2,1-2H3,(H,12,15)(H,13,17)(H,18,19,20)/p-1/t9-/m0/s1. The first-order valence-electron chi connectivity index (χ1n) is 6.43. The molecule has 0 aliphatic carbocycles. The summed E-state index contributed by atoms with van der Waals surface area (Å²) in [5.41, 5.74) is -0.993. The van der Waals surface area contributed by atoms with Gasteiger partial charge >= 0.3 is 0 Å². The summed E-state index contributed by atoms with van der Waals surface area (Å²) in [6.45, 7) is 2.66. The Kier molecular flexibility index (Phi) is 8.93. The smallest absolute Gasteiger partial charge is 0.249 e. The van der Waals surface area contributed by atoms with E-state index in [1.54, 1.807) is 0 Å². The summed E-state index contributed by atoms with van der Waals surface area (Å²) in [7, 11) is -4.18. The molecule has 0 fully saturated rings. The molecule has 1 atom stereocenters. The van der Waals surface area contributed by atoms with Crippen LogP contribution in [0.15, 0.2) is 0 Å². The van der Waals surface area contributed by atoms with Crippen molar-refractivity contribution in [3.8, 4) is 0 Å². The number of carbonyl (C=O) groups is 2. The molecule has 0 saturated heterocycles. The van der Waals surface area contributed by atoms with E-state index in [1.165, 1.54) is 13.8 Å². The molecule has 0 aliphatic rings. The molecule has 0 bridgehead atoms. The SMILES string of the molecule is CC(C)(CO)[C@@H](O)C(=O)NCCC(=O)NCCSS(=O)(=O)[O-]. The van der Waals surface area contributed by atoms with Gasteiger partial charge in [-0.1, -0.05) is 13.8 Å². The molecule has 0 aromatic rings. The van der Waals surface area contributed by atoms with Crippen LogP contribution < -0.4 is 10.6 Å². The van der Waals surface area contributed by atoms with Gasteiger partial charge in [-0.2, -0.15) is 0 Å². The van der Waals surface area contributed by atoms with Crippen LogP contribution in [0.4, 0.5) is 0 Å². The average molecular weight is 357 g/mol. The molecule has 0 radical (unpaired) electrons. The number of amides is 2. The van der Waals surface area contributed by atoms with Gasteiger partial charge in [0.25, 0.3) is 0 Å². The molecule has 22 heavy (non-hydrogen) atoms. The average Bonchev–Trinajstić information content (AvgIpc) is 2.41. The van der Waals surface area contributed by atoms with Gasteiger partial charge in [-0.25, -0.2) is 8.42 Å².